The Morgan fingerprint density at radius 1 is 1.00 bits per heavy atom. The molecule has 3 aromatic rings. The van der Waals surface area contributed by atoms with Gasteiger partial charge in [0.2, 0.25) is 0 Å². The molecule has 27 heavy (non-hydrogen) atoms. The second kappa shape index (κ2) is 7.19. The third-order valence-corrected chi connectivity index (χ3v) is 5.14. The second-order valence-corrected chi connectivity index (χ2v) is 6.75. The molecule has 0 aromatic heterocycles. The van der Waals surface area contributed by atoms with Crippen LogP contribution in [0.1, 0.15) is 12.0 Å². The van der Waals surface area contributed by atoms with Crippen molar-refractivity contribution in [3.63, 3.8) is 0 Å². The lowest BCUT2D eigenvalue weighted by Gasteiger charge is -2.32. The molecule has 1 atom stereocenters. The predicted octanol–water partition coefficient (Wildman–Crippen LogP) is 4.81. The summed E-state index contributed by atoms with van der Waals surface area (Å²) in [5.41, 5.74) is 4.04. The van der Waals surface area contributed by atoms with Crippen LogP contribution in [-0.2, 0) is 9.53 Å². The van der Waals surface area contributed by atoms with Gasteiger partial charge in [-0.2, -0.15) is 0 Å². The third-order valence-electron chi connectivity index (χ3n) is 5.14. The Morgan fingerprint density at radius 3 is 2.22 bits per heavy atom. The number of ether oxygens (including phenoxy) is 1. The van der Waals surface area contributed by atoms with Crippen molar-refractivity contribution in [1.82, 2.24) is 0 Å². The highest BCUT2D eigenvalue weighted by Crippen LogP contribution is 2.39. The van der Waals surface area contributed by atoms with Crippen LogP contribution in [0.15, 0.2) is 73.3 Å². The van der Waals surface area contributed by atoms with Gasteiger partial charge in [0.15, 0.2) is 0 Å². The van der Waals surface area contributed by atoms with Crippen molar-refractivity contribution >= 4 is 40.7 Å². The average Bonchev–Trinajstić information content (AvgIpc) is 2.72. The van der Waals surface area contributed by atoms with Gasteiger partial charge in [0, 0.05) is 29.0 Å². The first-order valence-electron chi connectivity index (χ1n) is 9.03. The summed E-state index contributed by atoms with van der Waals surface area (Å²) in [6, 6.07) is 22.4. The standard InChI is InChI=1S/C22H21BN2O2/c1-15(16-8-4-3-5-9-16)18(14-21(26)27-2)23-24-19-12-6-10-17-11-7-13-20(25-23)22(17)19/h3-13,18,24-25H,1,14H2,2H3/t18-/m1/s1. The fourth-order valence-electron chi connectivity index (χ4n) is 3.73. The number of allylic oxidation sites excluding steroid dienone is 1. The number of esters is 1. The van der Waals surface area contributed by atoms with Gasteiger partial charge in [-0.25, -0.2) is 0 Å². The van der Waals surface area contributed by atoms with Gasteiger partial charge < -0.3 is 15.2 Å². The molecule has 0 amide bonds. The first-order chi connectivity index (χ1) is 13.2. The van der Waals surface area contributed by atoms with Gasteiger partial charge in [-0.3, -0.25) is 4.79 Å². The van der Waals surface area contributed by atoms with Crippen LogP contribution in [0.4, 0.5) is 11.4 Å². The van der Waals surface area contributed by atoms with Gasteiger partial charge in [0.05, 0.1) is 7.11 Å². The zero-order valence-corrected chi connectivity index (χ0v) is 15.2. The fourth-order valence-corrected chi connectivity index (χ4v) is 3.73. The summed E-state index contributed by atoms with van der Waals surface area (Å²) in [5.74, 6) is -0.416. The van der Waals surface area contributed by atoms with E-state index in [9.17, 15) is 4.79 Å². The van der Waals surface area contributed by atoms with E-state index < -0.39 is 0 Å². The van der Waals surface area contributed by atoms with Gasteiger partial charge in [0.25, 0.3) is 0 Å². The average molecular weight is 356 g/mol. The maximum Gasteiger partial charge on any atom is 0.378 e. The molecular formula is C22H21BN2O2. The van der Waals surface area contributed by atoms with Crippen molar-refractivity contribution < 1.29 is 9.53 Å². The van der Waals surface area contributed by atoms with E-state index in [4.69, 9.17) is 4.74 Å². The summed E-state index contributed by atoms with van der Waals surface area (Å²) in [6.45, 7) is 4.14. The van der Waals surface area contributed by atoms with Gasteiger partial charge >= 0.3 is 13.0 Å². The Morgan fingerprint density at radius 2 is 1.63 bits per heavy atom. The highest BCUT2D eigenvalue weighted by molar-refractivity contribution is 6.71. The number of methoxy groups -OCH3 is 1. The van der Waals surface area contributed by atoms with Crippen molar-refractivity contribution in [3.05, 3.63) is 78.9 Å². The molecule has 0 aliphatic carbocycles. The van der Waals surface area contributed by atoms with Gasteiger partial charge in [0.1, 0.15) is 0 Å². The molecule has 1 aliphatic rings. The van der Waals surface area contributed by atoms with Gasteiger partial charge in [-0.1, -0.05) is 61.2 Å². The predicted molar refractivity (Wildman–Crippen MR) is 113 cm³/mol. The molecule has 5 heteroatoms. The molecule has 3 aromatic carbocycles. The zero-order chi connectivity index (χ0) is 18.8. The second-order valence-electron chi connectivity index (χ2n) is 6.75. The summed E-state index contributed by atoms with van der Waals surface area (Å²) in [7, 11) is 1.42. The lowest BCUT2D eigenvalue weighted by Crippen LogP contribution is -2.42. The summed E-state index contributed by atoms with van der Waals surface area (Å²) >= 11 is 0. The van der Waals surface area contributed by atoms with Crippen LogP contribution in [0.3, 0.4) is 0 Å². The van der Waals surface area contributed by atoms with Crippen LogP contribution in [0, 0.1) is 0 Å². The van der Waals surface area contributed by atoms with Crippen molar-refractivity contribution in [2.75, 3.05) is 17.6 Å². The lowest BCUT2D eigenvalue weighted by atomic mass is 9.56. The minimum atomic E-state index is -0.252. The molecule has 1 heterocycles. The number of benzene rings is 3. The Labute approximate surface area is 159 Å². The number of hydrogen-bond acceptors (Lipinski definition) is 4. The molecule has 0 saturated carbocycles. The Balaban J connectivity index is 1.71. The van der Waals surface area contributed by atoms with Crippen LogP contribution in [0.5, 0.6) is 0 Å². The fraction of sp³-hybridized carbons (Fsp3) is 0.136. The minimum absolute atomic E-state index is 0.163. The molecule has 0 spiro atoms. The topological polar surface area (TPSA) is 50.4 Å². The van der Waals surface area contributed by atoms with Gasteiger partial charge in [-0.05, 0) is 28.7 Å². The van der Waals surface area contributed by atoms with Crippen molar-refractivity contribution in [3.8, 4) is 0 Å². The first kappa shape index (κ1) is 17.2. The van der Waals surface area contributed by atoms with Crippen molar-refractivity contribution in [1.29, 1.82) is 0 Å². The molecule has 2 N–H and O–H groups in total. The van der Waals surface area contributed by atoms with E-state index in [1.165, 1.54) is 17.9 Å². The van der Waals surface area contributed by atoms with Crippen LogP contribution >= 0.6 is 0 Å². The SMILES string of the molecule is C=C(c1ccccc1)[C@@H](CC(=O)OC)B1Nc2cccc3cccc(c23)N1. The van der Waals surface area contributed by atoms with E-state index in [-0.39, 0.29) is 25.2 Å². The Hall–Kier alpha value is -3.21. The normalized spacial score (nSPS) is 13.4. The van der Waals surface area contributed by atoms with E-state index >= 15 is 0 Å². The quantitative estimate of drug-likeness (QED) is 0.509. The van der Waals surface area contributed by atoms with E-state index in [0.29, 0.717) is 0 Å². The molecule has 0 radical (unpaired) electrons. The number of rotatable bonds is 5. The molecule has 4 rings (SSSR count). The smallest absolute Gasteiger partial charge is 0.378 e. The number of carbonyl (C=O) groups excluding carboxylic acids is 1. The van der Waals surface area contributed by atoms with Crippen LogP contribution in [0.2, 0.25) is 5.82 Å². The summed E-state index contributed by atoms with van der Waals surface area (Å²) in [6.07, 6.45) is 0.243. The highest BCUT2D eigenvalue weighted by atomic mass is 16.5. The molecule has 0 fully saturated rings. The Bertz CT molecular complexity index is 963. The van der Waals surface area contributed by atoms with E-state index in [2.05, 4.69) is 41.3 Å². The van der Waals surface area contributed by atoms with Gasteiger partial charge in [-0.15, -0.1) is 0 Å². The van der Waals surface area contributed by atoms with Crippen LogP contribution in [-0.4, -0.2) is 20.1 Å². The van der Waals surface area contributed by atoms with Crippen LogP contribution in [0.25, 0.3) is 16.3 Å². The summed E-state index contributed by atoms with van der Waals surface area (Å²) in [5, 5.41) is 9.46. The molecule has 4 nitrogen and oxygen atoms in total. The van der Waals surface area contributed by atoms with E-state index in [1.54, 1.807) is 0 Å². The number of carbonyl (C=O) groups is 1. The van der Waals surface area contributed by atoms with Crippen LogP contribution < -0.4 is 10.5 Å². The Kier molecular flexibility index (Phi) is 4.59. The first-order valence-corrected chi connectivity index (χ1v) is 9.03. The maximum atomic E-state index is 12.1. The summed E-state index contributed by atoms with van der Waals surface area (Å²) < 4.78 is 4.95. The number of anilines is 2. The molecule has 134 valence electrons. The monoisotopic (exact) mass is 356 g/mol. The zero-order valence-electron chi connectivity index (χ0n) is 15.2. The molecular weight excluding hydrogens is 335 g/mol. The van der Waals surface area contributed by atoms with Crippen molar-refractivity contribution in [2.24, 2.45) is 0 Å². The molecule has 1 aliphatic heterocycles. The molecule has 0 saturated heterocycles. The molecule has 0 unspecified atom stereocenters. The lowest BCUT2D eigenvalue weighted by molar-refractivity contribution is -0.140. The van der Waals surface area contributed by atoms with E-state index in [1.807, 2.05) is 42.5 Å². The third kappa shape index (κ3) is 3.28. The minimum Gasteiger partial charge on any atom is -0.469 e. The number of nitrogens with one attached hydrogen (secondary N) is 2. The highest BCUT2D eigenvalue weighted by Gasteiger charge is 2.35. The molecule has 0 bridgehead atoms. The maximum absolute atomic E-state index is 12.1. The largest absolute Gasteiger partial charge is 0.469 e. The van der Waals surface area contributed by atoms with E-state index in [0.717, 1.165) is 22.5 Å². The number of hydrogen-bond donors (Lipinski definition) is 2. The summed E-state index contributed by atoms with van der Waals surface area (Å²) in [4.78, 5) is 12.1. The van der Waals surface area contributed by atoms with Crippen molar-refractivity contribution in [2.45, 2.75) is 12.2 Å².